The molecule has 0 bridgehead atoms. The number of likely N-dealkylation sites (tertiary alicyclic amines) is 1. The fraction of sp³-hybridized carbons (Fsp3) is 0.368. The molecule has 0 radical (unpaired) electrons. The minimum atomic E-state index is -0.388. The first-order valence-corrected chi connectivity index (χ1v) is 8.65. The molecule has 0 unspecified atom stereocenters. The summed E-state index contributed by atoms with van der Waals surface area (Å²) in [5.74, 6) is 0.482. The minimum Gasteiger partial charge on any atom is -0.497 e. The van der Waals surface area contributed by atoms with Crippen LogP contribution >= 0.6 is 11.6 Å². The van der Waals surface area contributed by atoms with Crippen LogP contribution in [0.3, 0.4) is 0 Å². The zero-order valence-electron chi connectivity index (χ0n) is 14.6. The zero-order chi connectivity index (χ0) is 18.1. The molecule has 5 nitrogen and oxygen atoms in total. The number of nitrogens with one attached hydrogen (secondary N) is 1. The van der Waals surface area contributed by atoms with Crippen LogP contribution in [0.2, 0.25) is 5.02 Å². The van der Waals surface area contributed by atoms with Gasteiger partial charge >= 0.3 is 0 Å². The molecule has 1 aromatic heterocycles. The summed E-state index contributed by atoms with van der Waals surface area (Å²) < 4.78 is 5.29. The summed E-state index contributed by atoms with van der Waals surface area (Å²) in [6.45, 7) is 4.05. The lowest BCUT2D eigenvalue weighted by Crippen LogP contribution is -2.35. The third-order valence-corrected chi connectivity index (χ3v) is 5.33. The van der Waals surface area contributed by atoms with Gasteiger partial charge in [-0.25, -0.2) is 0 Å². The van der Waals surface area contributed by atoms with Gasteiger partial charge in [-0.15, -0.1) is 0 Å². The summed E-state index contributed by atoms with van der Waals surface area (Å²) in [5.41, 5.74) is 1.86. The van der Waals surface area contributed by atoms with Crippen molar-refractivity contribution in [2.45, 2.75) is 32.7 Å². The smallest absolute Gasteiger partial charge is 0.261 e. The van der Waals surface area contributed by atoms with Crippen molar-refractivity contribution in [1.82, 2.24) is 9.88 Å². The van der Waals surface area contributed by atoms with Crippen molar-refractivity contribution in [3.63, 3.8) is 0 Å². The molecule has 0 saturated carbocycles. The summed E-state index contributed by atoms with van der Waals surface area (Å²) in [6.07, 6.45) is 1.75. The molecule has 2 aromatic rings. The first-order chi connectivity index (χ1) is 11.9. The Morgan fingerprint density at radius 2 is 2.12 bits per heavy atom. The van der Waals surface area contributed by atoms with Gasteiger partial charge in [-0.05, 0) is 49.9 Å². The summed E-state index contributed by atoms with van der Waals surface area (Å²) in [7, 11) is 1.62. The third kappa shape index (κ3) is 3.16. The molecule has 1 saturated heterocycles. The molecular formula is C19H21ClN2O3. The van der Waals surface area contributed by atoms with Crippen molar-refractivity contribution in [2.24, 2.45) is 0 Å². The lowest BCUT2D eigenvalue weighted by Gasteiger charge is -2.26. The second-order valence-electron chi connectivity index (χ2n) is 6.33. The van der Waals surface area contributed by atoms with E-state index in [1.165, 1.54) is 0 Å². The Balaban J connectivity index is 1.99. The molecule has 0 aliphatic carbocycles. The number of nitrogens with zero attached hydrogens (tertiary/aromatic N) is 1. The molecule has 1 N–H and O–H groups in total. The summed E-state index contributed by atoms with van der Waals surface area (Å²) in [4.78, 5) is 29.9. The van der Waals surface area contributed by atoms with E-state index in [1.54, 1.807) is 25.9 Å². The highest BCUT2D eigenvalue weighted by Crippen LogP contribution is 2.35. The lowest BCUT2D eigenvalue weighted by molar-refractivity contribution is 0.0733. The summed E-state index contributed by atoms with van der Waals surface area (Å²) in [5, 5.41) is 0.431. The van der Waals surface area contributed by atoms with E-state index in [9.17, 15) is 9.59 Å². The maximum Gasteiger partial charge on any atom is 0.261 e. The maximum absolute atomic E-state index is 13.1. The Kier molecular flexibility index (Phi) is 4.86. The van der Waals surface area contributed by atoms with Crippen molar-refractivity contribution in [1.29, 1.82) is 0 Å². The van der Waals surface area contributed by atoms with E-state index in [1.807, 2.05) is 24.3 Å². The molecule has 1 aromatic carbocycles. The summed E-state index contributed by atoms with van der Waals surface area (Å²) >= 11 is 6.24. The van der Waals surface area contributed by atoms with Crippen LogP contribution in [-0.4, -0.2) is 29.4 Å². The monoisotopic (exact) mass is 360 g/mol. The normalized spacial score (nSPS) is 17.0. The van der Waals surface area contributed by atoms with Crippen LogP contribution in [0.15, 0.2) is 29.1 Å². The van der Waals surface area contributed by atoms with Gasteiger partial charge in [0.15, 0.2) is 0 Å². The first kappa shape index (κ1) is 17.5. The van der Waals surface area contributed by atoms with E-state index in [0.29, 0.717) is 22.8 Å². The van der Waals surface area contributed by atoms with Gasteiger partial charge in [0.05, 0.1) is 18.2 Å². The van der Waals surface area contributed by atoms with Crippen molar-refractivity contribution in [2.75, 3.05) is 13.7 Å². The Hall–Kier alpha value is -2.27. The molecule has 1 aliphatic heterocycles. The van der Waals surface area contributed by atoms with Crippen LogP contribution in [0, 0.1) is 13.8 Å². The van der Waals surface area contributed by atoms with Crippen LogP contribution in [0.25, 0.3) is 0 Å². The Bertz CT molecular complexity index is 875. The SMILES string of the molecule is COc1cccc([C@@H]2CCCN2C(=O)c2c(C)c(Cl)c(C)[nH]c2=O)c1. The molecule has 1 amide bonds. The predicted molar refractivity (Wildman–Crippen MR) is 97.6 cm³/mol. The predicted octanol–water partition coefficient (Wildman–Crippen LogP) is 3.63. The van der Waals surface area contributed by atoms with Gasteiger partial charge in [0, 0.05) is 12.2 Å². The fourth-order valence-electron chi connectivity index (χ4n) is 3.46. The number of aromatic amines is 1. The number of amides is 1. The highest BCUT2D eigenvalue weighted by Gasteiger charge is 2.33. The van der Waals surface area contributed by atoms with E-state index < -0.39 is 0 Å². The number of aromatic nitrogens is 1. The van der Waals surface area contributed by atoms with Gasteiger partial charge in [-0.3, -0.25) is 9.59 Å². The molecule has 2 heterocycles. The number of methoxy groups -OCH3 is 1. The Morgan fingerprint density at radius 3 is 2.84 bits per heavy atom. The number of aryl methyl sites for hydroxylation is 1. The van der Waals surface area contributed by atoms with Crippen molar-refractivity contribution >= 4 is 17.5 Å². The van der Waals surface area contributed by atoms with Crippen molar-refractivity contribution in [3.05, 3.63) is 62.0 Å². The molecule has 6 heteroatoms. The number of H-pyrrole nitrogens is 1. The average molecular weight is 361 g/mol. The van der Waals surface area contributed by atoms with Crippen molar-refractivity contribution in [3.8, 4) is 5.75 Å². The Morgan fingerprint density at radius 1 is 1.36 bits per heavy atom. The van der Waals surface area contributed by atoms with Gasteiger partial charge < -0.3 is 14.6 Å². The van der Waals surface area contributed by atoms with Crippen LogP contribution in [0.4, 0.5) is 0 Å². The van der Waals surface area contributed by atoms with E-state index in [0.717, 1.165) is 24.2 Å². The van der Waals surface area contributed by atoms with E-state index in [-0.39, 0.29) is 23.1 Å². The van der Waals surface area contributed by atoms with Gasteiger partial charge in [0.25, 0.3) is 11.5 Å². The number of rotatable bonds is 3. The average Bonchev–Trinajstić information content (AvgIpc) is 3.09. The number of hydrogen-bond acceptors (Lipinski definition) is 3. The van der Waals surface area contributed by atoms with Gasteiger partial charge in [0.1, 0.15) is 11.3 Å². The molecule has 3 rings (SSSR count). The number of pyridine rings is 1. The van der Waals surface area contributed by atoms with Crippen LogP contribution in [-0.2, 0) is 0 Å². The number of ether oxygens (including phenoxy) is 1. The lowest BCUT2D eigenvalue weighted by atomic mass is 10.0. The molecule has 25 heavy (non-hydrogen) atoms. The van der Waals surface area contributed by atoms with E-state index >= 15 is 0 Å². The highest BCUT2D eigenvalue weighted by atomic mass is 35.5. The molecule has 0 spiro atoms. The topological polar surface area (TPSA) is 62.4 Å². The van der Waals surface area contributed by atoms with Crippen LogP contribution in [0.5, 0.6) is 5.75 Å². The first-order valence-electron chi connectivity index (χ1n) is 8.28. The van der Waals surface area contributed by atoms with Gasteiger partial charge in [-0.1, -0.05) is 23.7 Å². The number of halogens is 1. The molecule has 132 valence electrons. The molecular weight excluding hydrogens is 340 g/mol. The second kappa shape index (κ2) is 6.92. The molecule has 1 fully saturated rings. The van der Waals surface area contributed by atoms with E-state index in [2.05, 4.69) is 4.98 Å². The second-order valence-corrected chi connectivity index (χ2v) is 6.70. The van der Waals surface area contributed by atoms with Gasteiger partial charge in [-0.2, -0.15) is 0 Å². The Labute approximate surface area is 151 Å². The number of carbonyl (C=O) groups is 1. The highest BCUT2D eigenvalue weighted by molar-refractivity contribution is 6.32. The third-order valence-electron chi connectivity index (χ3n) is 4.77. The van der Waals surface area contributed by atoms with E-state index in [4.69, 9.17) is 16.3 Å². The zero-order valence-corrected chi connectivity index (χ0v) is 15.3. The number of carbonyl (C=O) groups excluding carboxylic acids is 1. The van der Waals surface area contributed by atoms with Gasteiger partial charge in [0.2, 0.25) is 0 Å². The largest absolute Gasteiger partial charge is 0.497 e. The molecule has 1 atom stereocenters. The quantitative estimate of drug-likeness (QED) is 0.909. The number of benzene rings is 1. The molecule has 1 aliphatic rings. The minimum absolute atomic E-state index is 0.0681. The number of hydrogen-bond donors (Lipinski definition) is 1. The fourth-order valence-corrected chi connectivity index (χ4v) is 3.60. The van der Waals surface area contributed by atoms with Crippen molar-refractivity contribution < 1.29 is 9.53 Å². The summed E-state index contributed by atoms with van der Waals surface area (Å²) in [6, 6.07) is 7.64. The standard InChI is InChI=1S/C19H21ClN2O3/c1-11-16(18(23)21-12(2)17(11)20)19(24)22-9-5-8-15(22)13-6-4-7-14(10-13)25-3/h4,6-7,10,15H,5,8-9H2,1-3H3,(H,21,23)/t15-/m0/s1. The maximum atomic E-state index is 13.1. The van der Waals surface area contributed by atoms with Crippen LogP contribution in [0.1, 0.15) is 46.1 Å². The van der Waals surface area contributed by atoms with Crippen LogP contribution < -0.4 is 10.3 Å².